The quantitative estimate of drug-likeness (QED) is 0.0673. The van der Waals surface area contributed by atoms with Gasteiger partial charge >= 0.3 is 11.9 Å². The van der Waals surface area contributed by atoms with Crippen LogP contribution in [0.25, 0.3) is 0 Å². The number of aliphatic hydroxyl groups excluding tert-OH is 1. The predicted octanol–water partition coefficient (Wildman–Crippen LogP) is 10.7. The third kappa shape index (κ3) is 15.9. The van der Waals surface area contributed by atoms with Crippen molar-refractivity contribution < 1.29 is 28.9 Å². The van der Waals surface area contributed by atoms with Crippen LogP contribution in [0.3, 0.4) is 0 Å². The van der Waals surface area contributed by atoms with E-state index in [4.69, 9.17) is 25.8 Å². The van der Waals surface area contributed by atoms with Gasteiger partial charge in [0.25, 0.3) is 0 Å². The maximum Gasteiger partial charge on any atom is 0.345 e. The Kier molecular flexibility index (Phi) is 21.1. The van der Waals surface area contributed by atoms with Crippen molar-refractivity contribution in [3.63, 3.8) is 0 Å². The molecule has 2 aromatic carbocycles. The van der Waals surface area contributed by atoms with Crippen molar-refractivity contribution in [1.29, 1.82) is 0 Å². The van der Waals surface area contributed by atoms with Crippen LogP contribution in [-0.2, 0) is 4.79 Å². The summed E-state index contributed by atoms with van der Waals surface area (Å²) in [6.07, 6.45) is 15.8. The fourth-order valence-electron chi connectivity index (χ4n) is 5.66. The lowest BCUT2D eigenvalue weighted by molar-refractivity contribution is -0.136. The smallest absolute Gasteiger partial charge is 0.345 e. The fraction of sp³-hybridized carbons (Fsp3) is 0.641. The lowest BCUT2D eigenvalue weighted by Crippen LogP contribution is -2.28. The van der Waals surface area contributed by atoms with E-state index in [1.165, 1.54) is 77.4 Å². The largest absolute Gasteiger partial charge is 0.495 e. The Balaban J connectivity index is 0.0000115. The number of unbranched alkanes of at least 4 members (excludes halogenated alkanes) is 11. The van der Waals surface area contributed by atoms with E-state index in [0.29, 0.717) is 17.9 Å². The lowest BCUT2D eigenvalue weighted by Gasteiger charge is -2.24. The Morgan fingerprint density at radius 1 is 0.875 bits per heavy atom. The summed E-state index contributed by atoms with van der Waals surface area (Å²) in [5, 5.41) is 14.1. The molecule has 48 heavy (non-hydrogen) atoms. The number of carbonyl (C=O) groups excluding carboxylic acids is 2. The number of hydrogen-bond acceptors (Lipinski definition) is 7. The second-order valence-electron chi connectivity index (χ2n) is 13.9. The molecule has 0 saturated carbocycles. The Hall–Kier alpha value is -2.32. The van der Waals surface area contributed by atoms with Crippen molar-refractivity contribution in [1.82, 2.24) is 5.32 Å². The second kappa shape index (κ2) is 23.2. The van der Waals surface area contributed by atoms with Crippen molar-refractivity contribution >= 4 is 35.9 Å². The van der Waals surface area contributed by atoms with Gasteiger partial charge < -0.3 is 24.6 Å². The average Bonchev–Trinajstić information content (AvgIpc) is 3.01. The van der Waals surface area contributed by atoms with Crippen LogP contribution in [0.4, 0.5) is 0 Å². The summed E-state index contributed by atoms with van der Waals surface area (Å²) in [7, 11) is 1.48. The molecule has 1 atom stereocenters. The highest BCUT2D eigenvalue weighted by atomic mass is 35.5. The van der Waals surface area contributed by atoms with E-state index in [2.05, 4.69) is 26.1 Å². The summed E-state index contributed by atoms with van der Waals surface area (Å²) in [6.45, 7) is 12.5. The summed E-state index contributed by atoms with van der Waals surface area (Å²) in [4.78, 5) is 26.5. The standard InChI is InChI=1S/C39H60ClNO6.ClH/c1-8-9-10-11-12-13-14-15-16-17-18-19-24-39(5,6)26-35(43)46-34-25-30(32(42)27-41-28(2)3)21-23-33(34)47-38(44)31-22-20-29(4)37(45-7)36(31)40;/h20-23,25,28,32,41-42H,8-19,24,26-27H2,1-7H3;1H. The van der Waals surface area contributed by atoms with Crippen LogP contribution in [0.2, 0.25) is 5.02 Å². The Morgan fingerprint density at radius 2 is 1.46 bits per heavy atom. The Bertz CT molecular complexity index is 1250. The summed E-state index contributed by atoms with van der Waals surface area (Å²) in [6, 6.07) is 8.23. The molecule has 0 saturated heterocycles. The van der Waals surface area contributed by atoms with E-state index in [9.17, 15) is 14.7 Å². The summed E-state index contributed by atoms with van der Waals surface area (Å²) < 4.78 is 16.9. The lowest BCUT2D eigenvalue weighted by atomic mass is 9.83. The number of benzene rings is 2. The zero-order valence-corrected chi connectivity index (χ0v) is 32.0. The maximum atomic E-state index is 13.3. The molecule has 0 aliphatic carbocycles. The van der Waals surface area contributed by atoms with Crippen LogP contribution in [0.15, 0.2) is 30.3 Å². The van der Waals surface area contributed by atoms with E-state index in [0.717, 1.165) is 24.8 Å². The average molecular weight is 711 g/mol. The van der Waals surface area contributed by atoms with Crippen molar-refractivity contribution in [2.45, 2.75) is 144 Å². The fourth-order valence-corrected chi connectivity index (χ4v) is 6.03. The molecule has 0 heterocycles. The molecule has 0 radical (unpaired) electrons. The van der Waals surface area contributed by atoms with Crippen LogP contribution in [0.1, 0.15) is 152 Å². The number of esters is 2. The van der Waals surface area contributed by atoms with Gasteiger partial charge in [-0.1, -0.05) is 135 Å². The Labute approximate surface area is 301 Å². The summed E-state index contributed by atoms with van der Waals surface area (Å²) in [5.41, 5.74) is 1.19. The molecule has 0 aromatic heterocycles. The second-order valence-corrected chi connectivity index (χ2v) is 14.3. The minimum Gasteiger partial charge on any atom is -0.495 e. The van der Waals surface area contributed by atoms with Gasteiger partial charge in [0.15, 0.2) is 11.5 Å². The first kappa shape index (κ1) is 43.7. The van der Waals surface area contributed by atoms with Crippen molar-refractivity contribution in [2.75, 3.05) is 13.7 Å². The molecule has 0 aliphatic heterocycles. The van der Waals surface area contributed by atoms with Gasteiger partial charge in [-0.25, -0.2) is 4.79 Å². The van der Waals surface area contributed by atoms with E-state index in [1.807, 2.05) is 20.8 Å². The molecule has 2 aromatic rings. The molecule has 0 amide bonds. The molecule has 2 rings (SSSR count). The van der Waals surface area contributed by atoms with E-state index in [1.54, 1.807) is 24.3 Å². The van der Waals surface area contributed by atoms with Gasteiger partial charge in [-0.15, -0.1) is 12.4 Å². The molecular formula is C39H61Cl2NO6. The number of aryl methyl sites for hydroxylation is 1. The number of methoxy groups -OCH3 is 1. The molecule has 1 unspecified atom stereocenters. The van der Waals surface area contributed by atoms with Crippen LogP contribution in [-0.4, -0.2) is 36.7 Å². The van der Waals surface area contributed by atoms with Gasteiger partial charge in [0.2, 0.25) is 0 Å². The number of nitrogens with one attached hydrogen (secondary N) is 1. The van der Waals surface area contributed by atoms with Gasteiger partial charge in [-0.2, -0.15) is 0 Å². The summed E-state index contributed by atoms with van der Waals surface area (Å²) in [5.74, 6) is -0.619. The SMILES string of the molecule is CCCCCCCCCCCCCCC(C)(C)CC(=O)Oc1cc(C(O)CNC(C)C)ccc1OC(=O)c1ccc(C)c(OC)c1Cl.Cl. The van der Waals surface area contributed by atoms with Crippen LogP contribution in [0, 0.1) is 12.3 Å². The highest BCUT2D eigenvalue weighted by Gasteiger charge is 2.26. The highest BCUT2D eigenvalue weighted by molar-refractivity contribution is 6.35. The molecule has 2 N–H and O–H groups in total. The molecule has 0 spiro atoms. The minimum atomic E-state index is -0.849. The number of halogens is 2. The zero-order valence-electron chi connectivity index (χ0n) is 30.4. The van der Waals surface area contributed by atoms with Crippen molar-refractivity contribution in [3.05, 3.63) is 52.0 Å². The third-order valence-electron chi connectivity index (χ3n) is 8.55. The van der Waals surface area contributed by atoms with Gasteiger partial charge in [-0.05, 0) is 48.1 Å². The molecular weight excluding hydrogens is 649 g/mol. The van der Waals surface area contributed by atoms with Crippen LogP contribution in [0.5, 0.6) is 17.2 Å². The monoisotopic (exact) mass is 709 g/mol. The first-order chi connectivity index (χ1) is 22.4. The van der Waals surface area contributed by atoms with Gasteiger partial charge in [0.1, 0.15) is 5.75 Å². The van der Waals surface area contributed by atoms with Gasteiger partial charge in [0.05, 0.1) is 30.2 Å². The number of ether oxygens (including phenoxy) is 3. The maximum absolute atomic E-state index is 13.3. The normalized spacial score (nSPS) is 12.0. The molecule has 0 aliphatic rings. The van der Waals surface area contributed by atoms with E-state index < -0.39 is 18.0 Å². The Morgan fingerprint density at radius 3 is 2.02 bits per heavy atom. The van der Waals surface area contributed by atoms with Gasteiger partial charge in [0, 0.05) is 12.6 Å². The van der Waals surface area contributed by atoms with Crippen LogP contribution >= 0.6 is 24.0 Å². The zero-order chi connectivity index (χ0) is 34.8. The molecule has 7 nitrogen and oxygen atoms in total. The van der Waals surface area contributed by atoms with Crippen molar-refractivity contribution in [2.24, 2.45) is 5.41 Å². The number of aliphatic hydroxyl groups is 1. The highest BCUT2D eigenvalue weighted by Crippen LogP contribution is 2.36. The third-order valence-corrected chi connectivity index (χ3v) is 8.92. The number of rotatable bonds is 23. The van der Waals surface area contributed by atoms with Gasteiger partial charge in [-0.3, -0.25) is 4.79 Å². The first-order valence-electron chi connectivity index (χ1n) is 17.7. The van der Waals surface area contributed by atoms with E-state index in [-0.39, 0.29) is 52.4 Å². The molecule has 272 valence electrons. The number of hydrogen-bond donors (Lipinski definition) is 2. The molecule has 0 fully saturated rings. The molecule has 0 bridgehead atoms. The van der Waals surface area contributed by atoms with Crippen LogP contribution < -0.4 is 19.5 Å². The minimum absolute atomic E-state index is 0. The van der Waals surface area contributed by atoms with Crippen molar-refractivity contribution in [3.8, 4) is 17.2 Å². The topological polar surface area (TPSA) is 94.1 Å². The van der Waals surface area contributed by atoms with E-state index >= 15 is 0 Å². The number of carbonyl (C=O) groups is 2. The predicted molar refractivity (Wildman–Crippen MR) is 199 cm³/mol. The summed E-state index contributed by atoms with van der Waals surface area (Å²) >= 11 is 6.46. The first-order valence-corrected chi connectivity index (χ1v) is 18.1. The molecule has 9 heteroatoms.